The van der Waals surface area contributed by atoms with Crippen molar-refractivity contribution in [3.8, 4) is 11.5 Å². The fourth-order valence-electron chi connectivity index (χ4n) is 3.37. The van der Waals surface area contributed by atoms with Crippen LogP contribution < -0.4 is 14.8 Å². The number of nitrogens with one attached hydrogen (secondary N) is 1. The van der Waals surface area contributed by atoms with E-state index in [1.165, 1.54) is 17.3 Å². The number of rotatable bonds is 8. The van der Waals surface area contributed by atoms with Crippen LogP contribution in [0.1, 0.15) is 30.5 Å². The second-order valence-corrected chi connectivity index (χ2v) is 10.0. The molecule has 1 aliphatic rings. The first-order valence-corrected chi connectivity index (χ1v) is 13.2. The lowest BCUT2D eigenvalue weighted by atomic mass is 10.1. The summed E-state index contributed by atoms with van der Waals surface area (Å²) in [6.45, 7) is 4.87. The monoisotopic (exact) mass is 570 g/mol. The summed E-state index contributed by atoms with van der Waals surface area (Å²) >= 11 is 10.9. The topological polar surface area (TPSA) is 59.9 Å². The van der Waals surface area contributed by atoms with E-state index in [0.29, 0.717) is 39.8 Å². The molecular formula is C27H24BrClN2O3S. The molecule has 1 saturated heterocycles. The van der Waals surface area contributed by atoms with Crippen LogP contribution in [-0.2, 0) is 17.8 Å². The molecule has 180 valence electrons. The number of amidine groups is 1. The molecule has 35 heavy (non-hydrogen) atoms. The third kappa shape index (κ3) is 6.69. The Balaban J connectivity index is 1.53. The number of carbonyl (C=O) groups excluding carboxylic acids is 1. The number of hydrogen-bond acceptors (Lipinski definition) is 5. The van der Waals surface area contributed by atoms with Crippen molar-refractivity contribution in [2.75, 3.05) is 6.61 Å². The highest BCUT2D eigenvalue weighted by molar-refractivity contribution is 9.10. The number of carbonyl (C=O) groups is 1. The Morgan fingerprint density at radius 3 is 2.43 bits per heavy atom. The minimum absolute atomic E-state index is 0.184. The van der Waals surface area contributed by atoms with Crippen molar-refractivity contribution >= 4 is 62.1 Å². The number of thioether (sulfide) groups is 1. The van der Waals surface area contributed by atoms with Crippen LogP contribution in [0.4, 0.5) is 5.69 Å². The van der Waals surface area contributed by atoms with Crippen LogP contribution in [-0.4, -0.2) is 17.7 Å². The van der Waals surface area contributed by atoms with E-state index in [1.54, 1.807) is 0 Å². The fourth-order valence-corrected chi connectivity index (χ4v) is 4.91. The third-order valence-corrected chi connectivity index (χ3v) is 6.90. The van der Waals surface area contributed by atoms with Crippen molar-refractivity contribution in [3.63, 3.8) is 0 Å². The summed E-state index contributed by atoms with van der Waals surface area (Å²) in [4.78, 5) is 17.7. The first kappa shape index (κ1) is 25.4. The highest BCUT2D eigenvalue weighted by Crippen LogP contribution is 2.39. The number of aliphatic imine (C=N–C) groups is 1. The highest BCUT2D eigenvalue weighted by Gasteiger charge is 2.24. The van der Waals surface area contributed by atoms with Crippen LogP contribution in [0.15, 0.2) is 75.0 Å². The summed E-state index contributed by atoms with van der Waals surface area (Å²) in [6, 6.07) is 19.3. The molecule has 0 radical (unpaired) electrons. The molecule has 1 N–H and O–H groups in total. The van der Waals surface area contributed by atoms with E-state index >= 15 is 0 Å². The van der Waals surface area contributed by atoms with Gasteiger partial charge in [0.25, 0.3) is 5.91 Å². The Kier molecular flexibility index (Phi) is 8.55. The molecule has 0 saturated carbocycles. The Morgan fingerprint density at radius 2 is 1.74 bits per heavy atom. The molecule has 0 atom stereocenters. The lowest BCUT2D eigenvalue weighted by Gasteiger charge is -2.15. The van der Waals surface area contributed by atoms with E-state index in [1.807, 2.05) is 73.7 Å². The van der Waals surface area contributed by atoms with Crippen molar-refractivity contribution in [2.24, 2.45) is 4.99 Å². The number of amides is 1. The number of aryl methyl sites for hydroxylation is 1. The first-order valence-electron chi connectivity index (χ1n) is 11.2. The predicted molar refractivity (Wildman–Crippen MR) is 148 cm³/mol. The summed E-state index contributed by atoms with van der Waals surface area (Å²) in [5, 5.41) is 4.07. The van der Waals surface area contributed by atoms with Gasteiger partial charge in [0.1, 0.15) is 6.61 Å². The fraction of sp³-hybridized carbons (Fsp3) is 0.185. The maximum absolute atomic E-state index is 12.6. The van der Waals surface area contributed by atoms with Crippen molar-refractivity contribution in [2.45, 2.75) is 26.9 Å². The number of nitrogens with zero attached hydrogens (tertiary/aromatic N) is 1. The van der Waals surface area contributed by atoms with Gasteiger partial charge in [0, 0.05) is 5.02 Å². The van der Waals surface area contributed by atoms with Crippen LogP contribution in [0.25, 0.3) is 6.08 Å². The maximum atomic E-state index is 12.6. The average Bonchev–Trinajstić information content (AvgIpc) is 3.18. The van der Waals surface area contributed by atoms with Crippen LogP contribution in [0.5, 0.6) is 11.5 Å². The van der Waals surface area contributed by atoms with E-state index < -0.39 is 0 Å². The van der Waals surface area contributed by atoms with Crippen molar-refractivity contribution < 1.29 is 14.3 Å². The third-order valence-electron chi connectivity index (χ3n) is 5.15. The minimum Gasteiger partial charge on any atom is -0.490 e. The van der Waals surface area contributed by atoms with E-state index in [-0.39, 0.29) is 5.91 Å². The van der Waals surface area contributed by atoms with Gasteiger partial charge in [-0.25, -0.2) is 4.99 Å². The maximum Gasteiger partial charge on any atom is 0.264 e. The van der Waals surface area contributed by atoms with Crippen molar-refractivity contribution in [3.05, 3.63) is 91.8 Å². The van der Waals surface area contributed by atoms with Gasteiger partial charge in [-0.15, -0.1) is 0 Å². The standard InChI is InChI=1S/C27H24BrClN2O3S/c1-3-17-7-11-21(12-8-17)30-27-31-26(32)24(35-27)15-19-13-22(28)25(23(14-19)33-4-2)34-16-18-5-9-20(29)10-6-18/h5-15H,3-4,16H2,1-2H3,(H,30,31,32)/b24-15-. The van der Waals surface area contributed by atoms with Crippen LogP contribution in [0.3, 0.4) is 0 Å². The largest absolute Gasteiger partial charge is 0.490 e. The van der Waals surface area contributed by atoms with Crippen LogP contribution >= 0.6 is 39.3 Å². The van der Waals surface area contributed by atoms with Crippen LogP contribution in [0.2, 0.25) is 5.02 Å². The molecule has 1 aliphatic heterocycles. The number of hydrogen-bond donors (Lipinski definition) is 1. The number of ether oxygens (including phenoxy) is 2. The molecular weight excluding hydrogens is 548 g/mol. The van der Waals surface area contributed by atoms with Gasteiger partial charge < -0.3 is 14.8 Å². The Morgan fingerprint density at radius 1 is 1.03 bits per heavy atom. The molecule has 4 rings (SSSR count). The first-order chi connectivity index (χ1) is 16.9. The predicted octanol–water partition coefficient (Wildman–Crippen LogP) is 7.53. The van der Waals surface area contributed by atoms with E-state index in [4.69, 9.17) is 21.1 Å². The summed E-state index contributed by atoms with van der Waals surface area (Å²) in [5.41, 5.74) is 3.85. The molecule has 0 aromatic heterocycles. The molecule has 0 bridgehead atoms. The van der Waals surface area contributed by atoms with E-state index in [2.05, 4.69) is 33.2 Å². The Hall–Kier alpha value is -2.74. The highest BCUT2D eigenvalue weighted by atomic mass is 79.9. The Labute approximate surface area is 222 Å². The molecule has 5 nitrogen and oxygen atoms in total. The van der Waals surface area contributed by atoms with Gasteiger partial charge in [0.05, 0.1) is 21.7 Å². The average molecular weight is 572 g/mol. The molecule has 1 amide bonds. The summed E-state index contributed by atoms with van der Waals surface area (Å²) in [5.74, 6) is 1.01. The summed E-state index contributed by atoms with van der Waals surface area (Å²) < 4.78 is 12.6. The zero-order chi connectivity index (χ0) is 24.8. The molecule has 0 spiro atoms. The summed E-state index contributed by atoms with van der Waals surface area (Å²) in [7, 11) is 0. The van der Waals surface area contributed by atoms with Gasteiger partial charge in [-0.2, -0.15) is 0 Å². The second-order valence-electron chi connectivity index (χ2n) is 7.68. The van der Waals surface area contributed by atoms with Gasteiger partial charge in [0.15, 0.2) is 16.7 Å². The van der Waals surface area contributed by atoms with Gasteiger partial charge in [-0.05, 0) is 100 Å². The smallest absolute Gasteiger partial charge is 0.264 e. The number of benzene rings is 3. The Bertz CT molecular complexity index is 1270. The molecule has 1 heterocycles. The van der Waals surface area contributed by atoms with Crippen molar-refractivity contribution in [1.82, 2.24) is 5.32 Å². The van der Waals surface area contributed by atoms with Gasteiger partial charge in [-0.1, -0.05) is 42.8 Å². The van der Waals surface area contributed by atoms with Gasteiger partial charge >= 0.3 is 0 Å². The second kappa shape index (κ2) is 11.8. The SMILES string of the molecule is CCOc1cc(/C=C2\SC(=Nc3ccc(CC)cc3)NC2=O)cc(Br)c1OCc1ccc(Cl)cc1. The molecule has 1 fully saturated rings. The molecule has 0 unspecified atom stereocenters. The molecule has 8 heteroatoms. The quantitative estimate of drug-likeness (QED) is 0.284. The summed E-state index contributed by atoms with van der Waals surface area (Å²) in [6.07, 6.45) is 2.79. The normalized spacial score (nSPS) is 15.5. The lowest BCUT2D eigenvalue weighted by Crippen LogP contribution is -2.19. The molecule has 3 aromatic carbocycles. The molecule has 0 aliphatic carbocycles. The molecule has 3 aromatic rings. The van der Waals surface area contributed by atoms with Crippen molar-refractivity contribution in [1.29, 1.82) is 0 Å². The van der Waals surface area contributed by atoms with E-state index in [0.717, 1.165) is 27.7 Å². The zero-order valence-electron chi connectivity index (χ0n) is 19.3. The number of halogens is 2. The lowest BCUT2D eigenvalue weighted by molar-refractivity contribution is -0.115. The van der Waals surface area contributed by atoms with Crippen LogP contribution in [0, 0.1) is 0 Å². The minimum atomic E-state index is -0.184. The zero-order valence-corrected chi connectivity index (χ0v) is 22.5. The van der Waals surface area contributed by atoms with E-state index in [9.17, 15) is 4.79 Å². The van der Waals surface area contributed by atoms with Gasteiger partial charge in [-0.3, -0.25) is 4.79 Å². The van der Waals surface area contributed by atoms with Gasteiger partial charge in [0.2, 0.25) is 0 Å².